The van der Waals surface area contributed by atoms with Gasteiger partial charge in [-0.2, -0.15) is 0 Å². The third kappa shape index (κ3) is 3.94. The molecule has 4 aromatic carbocycles. The first kappa shape index (κ1) is 24.0. The minimum atomic E-state index is -0.151. The molecule has 8 rings (SSSR count). The fourth-order valence-corrected chi connectivity index (χ4v) is 7.03. The smallest absolute Gasteiger partial charge is 0.0784 e. The molecule has 0 bridgehead atoms. The van der Waals surface area contributed by atoms with E-state index in [9.17, 15) is 0 Å². The summed E-state index contributed by atoms with van der Waals surface area (Å²) in [5.41, 5.74) is 14.3. The van der Waals surface area contributed by atoms with E-state index in [4.69, 9.17) is 9.97 Å². The fourth-order valence-electron chi connectivity index (χ4n) is 7.03. The number of benzene rings is 4. The molecule has 41 heavy (non-hydrogen) atoms. The summed E-state index contributed by atoms with van der Waals surface area (Å²) in [4.78, 5) is 11.2. The number of hydrogen-bond donors (Lipinski definition) is 0. The van der Waals surface area contributed by atoms with Gasteiger partial charge in [0.15, 0.2) is 0 Å². The van der Waals surface area contributed by atoms with Crippen LogP contribution in [0.2, 0.25) is 0 Å². The van der Waals surface area contributed by atoms with Gasteiger partial charge < -0.3 is 0 Å². The van der Waals surface area contributed by atoms with Gasteiger partial charge in [-0.15, -0.1) is 0 Å². The van der Waals surface area contributed by atoms with Gasteiger partial charge in [-0.1, -0.05) is 121 Å². The molecule has 0 saturated carbocycles. The molecule has 0 amide bonds. The molecule has 0 unspecified atom stereocenters. The molecule has 1 spiro atoms. The van der Waals surface area contributed by atoms with Crippen molar-refractivity contribution in [1.29, 1.82) is 0 Å². The largest absolute Gasteiger partial charge is 0.251 e. The van der Waals surface area contributed by atoms with Crippen LogP contribution in [0.1, 0.15) is 35.4 Å². The van der Waals surface area contributed by atoms with Crippen molar-refractivity contribution in [3.8, 4) is 44.8 Å². The minimum absolute atomic E-state index is 0.151. The van der Waals surface area contributed by atoms with Crippen molar-refractivity contribution in [2.75, 3.05) is 0 Å². The number of aromatic nitrogens is 2. The summed E-state index contributed by atoms with van der Waals surface area (Å²) in [6.07, 6.45) is 4.17. The van der Waals surface area contributed by atoms with Crippen LogP contribution in [0.4, 0.5) is 0 Å². The zero-order valence-corrected chi connectivity index (χ0v) is 22.9. The predicted molar refractivity (Wildman–Crippen MR) is 168 cm³/mol. The van der Waals surface area contributed by atoms with Gasteiger partial charge >= 0.3 is 0 Å². The monoisotopic (exact) mass is 526 g/mol. The van der Waals surface area contributed by atoms with Crippen molar-refractivity contribution in [2.45, 2.75) is 31.1 Å². The van der Waals surface area contributed by atoms with Crippen LogP contribution in [0.5, 0.6) is 0 Å². The Bertz CT molecular complexity index is 1720. The normalized spacial score (nSPS) is 14.6. The van der Waals surface area contributed by atoms with Gasteiger partial charge in [0.2, 0.25) is 0 Å². The van der Waals surface area contributed by atoms with Crippen LogP contribution in [0, 0.1) is 0 Å². The molecule has 2 nitrogen and oxygen atoms in total. The van der Waals surface area contributed by atoms with Gasteiger partial charge in [0, 0.05) is 22.3 Å². The summed E-state index contributed by atoms with van der Waals surface area (Å²) in [7, 11) is 0. The van der Waals surface area contributed by atoms with Crippen molar-refractivity contribution in [1.82, 2.24) is 9.97 Å². The van der Waals surface area contributed by atoms with E-state index in [2.05, 4.69) is 133 Å². The quantitative estimate of drug-likeness (QED) is 0.229. The average molecular weight is 527 g/mol. The Labute approximate surface area is 241 Å². The van der Waals surface area contributed by atoms with Crippen LogP contribution < -0.4 is 0 Å². The lowest BCUT2D eigenvalue weighted by Gasteiger charge is -2.26. The Morgan fingerprint density at radius 2 is 0.756 bits per heavy atom. The van der Waals surface area contributed by atoms with Crippen LogP contribution in [-0.2, 0) is 18.3 Å². The molecule has 0 N–H and O–H groups in total. The number of rotatable bonds is 4. The van der Waals surface area contributed by atoms with Gasteiger partial charge in [-0.25, -0.2) is 0 Å². The number of fused-ring (bicyclic) bond motifs is 4. The fraction of sp³-hybridized carbons (Fsp3) is 0.128. The molecule has 0 aliphatic heterocycles. The Kier molecular flexibility index (Phi) is 5.67. The molecule has 2 heteroatoms. The van der Waals surface area contributed by atoms with E-state index in [0.29, 0.717) is 0 Å². The molecule has 2 aliphatic carbocycles. The molecule has 0 saturated heterocycles. The SMILES string of the molecule is c1ccc(-c2cc3c(nc2-c2ccccc2)C2(CC3)CCc3cc(-c4ccccc4)c(-c4ccccc4)nc32)cc1. The highest BCUT2D eigenvalue weighted by Gasteiger charge is 2.48. The Balaban J connectivity index is 1.34. The van der Waals surface area contributed by atoms with Gasteiger partial charge in [-0.05, 0) is 60.1 Å². The maximum atomic E-state index is 5.58. The molecule has 2 aliphatic rings. The third-order valence-corrected chi connectivity index (χ3v) is 9.02. The summed E-state index contributed by atoms with van der Waals surface area (Å²) >= 11 is 0. The number of nitrogens with zero attached hydrogens (tertiary/aromatic N) is 2. The Morgan fingerprint density at radius 3 is 1.12 bits per heavy atom. The van der Waals surface area contributed by atoms with Crippen molar-refractivity contribution < 1.29 is 0 Å². The average Bonchev–Trinajstić information content (AvgIpc) is 3.61. The summed E-state index contributed by atoms with van der Waals surface area (Å²) in [5, 5.41) is 0. The molecule has 0 radical (unpaired) electrons. The molecule has 6 aromatic rings. The summed E-state index contributed by atoms with van der Waals surface area (Å²) in [6, 6.07) is 47.6. The number of hydrogen-bond acceptors (Lipinski definition) is 2. The lowest BCUT2D eigenvalue weighted by Crippen LogP contribution is -2.24. The zero-order chi connectivity index (χ0) is 27.2. The Hall–Kier alpha value is -4.82. The zero-order valence-electron chi connectivity index (χ0n) is 22.9. The first-order valence-electron chi connectivity index (χ1n) is 14.6. The Morgan fingerprint density at radius 1 is 0.415 bits per heavy atom. The van der Waals surface area contributed by atoms with Gasteiger partial charge in [-0.3, -0.25) is 9.97 Å². The second kappa shape index (κ2) is 9.67. The standard InChI is InChI=1S/C39H30N2/c1-5-13-27(14-6-1)33-25-31-21-23-39(37(31)40-35(33)29-17-9-3-10-18-29)24-22-32-26-34(28-15-7-2-8-16-28)36(41-38(32)39)30-19-11-4-12-20-30/h1-20,25-26H,21-24H2. The van der Waals surface area contributed by atoms with E-state index in [0.717, 1.165) is 48.2 Å². The van der Waals surface area contributed by atoms with Crippen LogP contribution in [0.15, 0.2) is 133 Å². The third-order valence-electron chi connectivity index (χ3n) is 9.02. The van der Waals surface area contributed by atoms with Crippen LogP contribution in [0.3, 0.4) is 0 Å². The van der Waals surface area contributed by atoms with E-state index >= 15 is 0 Å². The summed E-state index contributed by atoms with van der Waals surface area (Å²) < 4.78 is 0. The van der Waals surface area contributed by atoms with Gasteiger partial charge in [0.1, 0.15) is 0 Å². The molecule has 2 aromatic heterocycles. The molecule has 196 valence electrons. The molecule has 2 heterocycles. The number of pyridine rings is 2. The highest BCUT2D eigenvalue weighted by molar-refractivity contribution is 5.84. The first-order chi connectivity index (χ1) is 20.3. The minimum Gasteiger partial charge on any atom is -0.251 e. The van der Waals surface area contributed by atoms with Crippen molar-refractivity contribution >= 4 is 0 Å². The second-order valence-electron chi connectivity index (χ2n) is 11.3. The molecular formula is C39H30N2. The summed E-state index contributed by atoms with van der Waals surface area (Å²) in [6.45, 7) is 0. The highest BCUT2D eigenvalue weighted by atomic mass is 14.8. The lowest BCUT2D eigenvalue weighted by atomic mass is 9.81. The van der Waals surface area contributed by atoms with E-state index in [1.165, 1.54) is 44.8 Å². The van der Waals surface area contributed by atoms with Crippen molar-refractivity contribution in [2.24, 2.45) is 0 Å². The van der Waals surface area contributed by atoms with E-state index in [1.54, 1.807) is 0 Å². The maximum Gasteiger partial charge on any atom is 0.0784 e. The topological polar surface area (TPSA) is 25.8 Å². The second-order valence-corrected chi connectivity index (χ2v) is 11.3. The first-order valence-corrected chi connectivity index (χ1v) is 14.6. The summed E-state index contributed by atoms with van der Waals surface area (Å²) in [5.74, 6) is 0. The van der Waals surface area contributed by atoms with Gasteiger partial charge in [0.25, 0.3) is 0 Å². The predicted octanol–water partition coefficient (Wildman–Crippen LogP) is 9.32. The van der Waals surface area contributed by atoms with Crippen LogP contribution in [0.25, 0.3) is 44.8 Å². The van der Waals surface area contributed by atoms with Crippen molar-refractivity contribution in [3.63, 3.8) is 0 Å². The molecular weight excluding hydrogens is 496 g/mol. The maximum absolute atomic E-state index is 5.58. The highest BCUT2D eigenvalue weighted by Crippen LogP contribution is 2.53. The van der Waals surface area contributed by atoms with Crippen molar-refractivity contribution in [3.05, 3.63) is 156 Å². The van der Waals surface area contributed by atoms with Gasteiger partial charge in [0.05, 0.1) is 28.2 Å². The van der Waals surface area contributed by atoms with Crippen LogP contribution in [-0.4, -0.2) is 9.97 Å². The number of aryl methyl sites for hydroxylation is 2. The lowest BCUT2D eigenvalue weighted by molar-refractivity contribution is 0.485. The molecule has 0 fully saturated rings. The van der Waals surface area contributed by atoms with E-state index < -0.39 is 0 Å². The van der Waals surface area contributed by atoms with Crippen LogP contribution >= 0.6 is 0 Å². The van der Waals surface area contributed by atoms with E-state index in [-0.39, 0.29) is 5.41 Å². The molecule has 0 atom stereocenters. The van der Waals surface area contributed by atoms with E-state index in [1.807, 2.05) is 0 Å².